The minimum absolute atomic E-state index is 0.574. The van der Waals surface area contributed by atoms with Crippen molar-refractivity contribution in [3.63, 3.8) is 0 Å². The van der Waals surface area contributed by atoms with Crippen LogP contribution in [-0.2, 0) is 0 Å². The fraction of sp³-hybridized carbons (Fsp3) is 0.818. The van der Waals surface area contributed by atoms with E-state index in [-0.39, 0.29) is 0 Å². The Morgan fingerprint density at radius 2 is 2.00 bits per heavy atom. The molecule has 0 rings (SSSR count). The van der Waals surface area contributed by atoms with Crippen LogP contribution in [0.3, 0.4) is 0 Å². The predicted octanol–water partition coefficient (Wildman–Crippen LogP) is 4.26. The molecule has 0 aromatic carbocycles. The van der Waals surface area contributed by atoms with E-state index in [0.717, 1.165) is 25.7 Å². The molecule has 0 saturated heterocycles. The topological polar surface area (TPSA) is 0 Å². The van der Waals surface area contributed by atoms with Gasteiger partial charge in [0.2, 0.25) is 0 Å². The fourth-order valence-corrected chi connectivity index (χ4v) is 1.17. The zero-order valence-corrected chi connectivity index (χ0v) is 8.41. The molecular formula is C11H21F. The lowest BCUT2D eigenvalue weighted by molar-refractivity contribution is 0.297. The summed E-state index contributed by atoms with van der Waals surface area (Å²) in [4.78, 5) is 0. The van der Waals surface area contributed by atoms with E-state index in [0.29, 0.717) is 6.42 Å². The monoisotopic (exact) mass is 172 g/mol. The summed E-state index contributed by atoms with van der Waals surface area (Å²) in [5, 5.41) is 0. The number of alkyl halides is 1. The van der Waals surface area contributed by atoms with Crippen molar-refractivity contribution < 1.29 is 4.39 Å². The third kappa shape index (κ3) is 7.77. The molecule has 0 aliphatic heterocycles. The molecule has 0 bridgehead atoms. The Morgan fingerprint density at radius 3 is 2.50 bits per heavy atom. The number of allylic oxidation sites excluding steroid dienone is 1. The number of unbranched alkanes of at least 4 members (excludes halogenated alkanes) is 2. The Bertz CT molecular complexity index is 118. The minimum atomic E-state index is -0.574. The smallest absolute Gasteiger partial charge is 0.0999 e. The lowest BCUT2D eigenvalue weighted by Crippen LogP contribution is -1.96. The summed E-state index contributed by atoms with van der Waals surface area (Å²) in [6, 6.07) is 0. The highest BCUT2D eigenvalue weighted by molar-refractivity contribution is 4.86. The number of rotatable bonds is 7. The molecule has 1 unspecified atom stereocenters. The van der Waals surface area contributed by atoms with E-state index in [9.17, 15) is 4.39 Å². The summed E-state index contributed by atoms with van der Waals surface area (Å²) in [6.07, 6.45) is 5.28. The van der Waals surface area contributed by atoms with Crippen molar-refractivity contribution in [3.05, 3.63) is 12.2 Å². The summed E-state index contributed by atoms with van der Waals surface area (Å²) >= 11 is 0. The Kier molecular flexibility index (Phi) is 7.12. The molecule has 0 heterocycles. The Balaban J connectivity index is 3.05. The molecule has 0 fully saturated rings. The first-order valence-electron chi connectivity index (χ1n) is 4.95. The Hall–Kier alpha value is -0.330. The normalized spacial score (nSPS) is 12.9. The second-order valence-corrected chi connectivity index (χ2v) is 3.56. The zero-order valence-electron chi connectivity index (χ0n) is 8.41. The van der Waals surface area contributed by atoms with Crippen molar-refractivity contribution in [2.75, 3.05) is 0 Å². The van der Waals surface area contributed by atoms with Crippen molar-refractivity contribution in [1.29, 1.82) is 0 Å². The van der Waals surface area contributed by atoms with Crippen LogP contribution in [0.1, 0.15) is 52.4 Å². The van der Waals surface area contributed by atoms with Gasteiger partial charge in [0.15, 0.2) is 0 Å². The lowest BCUT2D eigenvalue weighted by Gasteiger charge is -2.04. The molecule has 1 atom stereocenters. The van der Waals surface area contributed by atoms with E-state index in [1.165, 1.54) is 12.0 Å². The molecule has 0 aliphatic carbocycles. The van der Waals surface area contributed by atoms with Crippen LogP contribution in [0.15, 0.2) is 12.2 Å². The van der Waals surface area contributed by atoms with Gasteiger partial charge in [-0.25, -0.2) is 4.39 Å². The van der Waals surface area contributed by atoms with Gasteiger partial charge >= 0.3 is 0 Å². The molecule has 0 N–H and O–H groups in total. The first-order chi connectivity index (χ1) is 5.66. The molecule has 0 aliphatic rings. The van der Waals surface area contributed by atoms with Gasteiger partial charge in [0.25, 0.3) is 0 Å². The van der Waals surface area contributed by atoms with Crippen LogP contribution in [0.4, 0.5) is 4.39 Å². The van der Waals surface area contributed by atoms with Gasteiger partial charge in [0.05, 0.1) is 6.17 Å². The third-order valence-corrected chi connectivity index (χ3v) is 2.06. The summed E-state index contributed by atoms with van der Waals surface area (Å²) in [7, 11) is 0. The number of hydrogen-bond donors (Lipinski definition) is 0. The third-order valence-electron chi connectivity index (χ3n) is 2.06. The summed E-state index contributed by atoms with van der Waals surface area (Å²) in [6.45, 7) is 7.78. The SMILES string of the molecule is C=C(C)CCCCCC(F)CC. The van der Waals surface area contributed by atoms with E-state index in [1.54, 1.807) is 0 Å². The Morgan fingerprint density at radius 1 is 1.33 bits per heavy atom. The largest absolute Gasteiger partial charge is 0.248 e. The van der Waals surface area contributed by atoms with E-state index < -0.39 is 6.17 Å². The average molecular weight is 172 g/mol. The lowest BCUT2D eigenvalue weighted by atomic mass is 10.1. The van der Waals surface area contributed by atoms with Crippen molar-refractivity contribution >= 4 is 0 Å². The van der Waals surface area contributed by atoms with Crippen LogP contribution < -0.4 is 0 Å². The first kappa shape index (κ1) is 11.7. The molecule has 0 radical (unpaired) electrons. The van der Waals surface area contributed by atoms with Gasteiger partial charge in [-0.15, -0.1) is 6.58 Å². The van der Waals surface area contributed by atoms with Crippen LogP contribution in [0.5, 0.6) is 0 Å². The molecule has 72 valence electrons. The van der Waals surface area contributed by atoms with Crippen LogP contribution in [0.2, 0.25) is 0 Å². The van der Waals surface area contributed by atoms with Gasteiger partial charge < -0.3 is 0 Å². The van der Waals surface area contributed by atoms with Gasteiger partial charge in [-0.1, -0.05) is 25.3 Å². The second kappa shape index (κ2) is 7.33. The molecular weight excluding hydrogens is 151 g/mol. The standard InChI is InChI=1S/C11H21F/c1-4-11(12)9-7-5-6-8-10(2)3/h11H,2,4-9H2,1,3H3. The number of halogens is 1. The minimum Gasteiger partial charge on any atom is -0.248 e. The van der Waals surface area contributed by atoms with Crippen molar-refractivity contribution in [1.82, 2.24) is 0 Å². The maximum atomic E-state index is 12.7. The molecule has 0 aromatic heterocycles. The Labute approximate surface area is 75.9 Å². The predicted molar refractivity (Wildman–Crippen MR) is 53.1 cm³/mol. The molecule has 0 saturated carbocycles. The molecule has 0 spiro atoms. The van der Waals surface area contributed by atoms with Gasteiger partial charge in [-0.2, -0.15) is 0 Å². The van der Waals surface area contributed by atoms with Crippen molar-refractivity contribution in [3.8, 4) is 0 Å². The summed E-state index contributed by atoms with van der Waals surface area (Å²) < 4.78 is 12.7. The van der Waals surface area contributed by atoms with E-state index in [1.807, 2.05) is 13.8 Å². The highest BCUT2D eigenvalue weighted by Gasteiger charge is 2.01. The van der Waals surface area contributed by atoms with Crippen LogP contribution >= 0.6 is 0 Å². The number of hydrogen-bond acceptors (Lipinski definition) is 0. The highest BCUT2D eigenvalue weighted by atomic mass is 19.1. The molecule has 12 heavy (non-hydrogen) atoms. The quantitative estimate of drug-likeness (QED) is 0.397. The van der Waals surface area contributed by atoms with Crippen molar-refractivity contribution in [2.24, 2.45) is 0 Å². The highest BCUT2D eigenvalue weighted by Crippen LogP contribution is 2.12. The van der Waals surface area contributed by atoms with Crippen LogP contribution in [0, 0.1) is 0 Å². The maximum Gasteiger partial charge on any atom is 0.0999 e. The first-order valence-corrected chi connectivity index (χ1v) is 4.95. The summed E-state index contributed by atoms with van der Waals surface area (Å²) in [5.41, 5.74) is 1.24. The van der Waals surface area contributed by atoms with E-state index >= 15 is 0 Å². The molecule has 0 aromatic rings. The van der Waals surface area contributed by atoms with Crippen molar-refractivity contribution in [2.45, 2.75) is 58.5 Å². The maximum absolute atomic E-state index is 12.7. The van der Waals surface area contributed by atoms with Gasteiger partial charge in [0.1, 0.15) is 0 Å². The fourth-order valence-electron chi connectivity index (χ4n) is 1.17. The van der Waals surface area contributed by atoms with Crippen LogP contribution in [-0.4, -0.2) is 6.17 Å². The van der Waals surface area contributed by atoms with E-state index in [2.05, 4.69) is 6.58 Å². The molecule has 1 heteroatoms. The van der Waals surface area contributed by atoms with Gasteiger partial charge in [-0.05, 0) is 32.6 Å². The average Bonchev–Trinajstić information content (AvgIpc) is 2.03. The van der Waals surface area contributed by atoms with Gasteiger partial charge in [0, 0.05) is 0 Å². The molecule has 0 nitrogen and oxygen atoms in total. The molecule has 0 amide bonds. The second-order valence-electron chi connectivity index (χ2n) is 3.56. The zero-order chi connectivity index (χ0) is 9.40. The van der Waals surface area contributed by atoms with Crippen LogP contribution in [0.25, 0.3) is 0 Å². The summed E-state index contributed by atoms with van der Waals surface area (Å²) in [5.74, 6) is 0. The van der Waals surface area contributed by atoms with E-state index in [4.69, 9.17) is 0 Å². The van der Waals surface area contributed by atoms with Gasteiger partial charge in [-0.3, -0.25) is 0 Å².